The first-order chi connectivity index (χ1) is 9.63. The Kier molecular flexibility index (Phi) is 5.40. The molecule has 0 aromatic heterocycles. The van der Waals surface area contributed by atoms with Gasteiger partial charge in [0.25, 0.3) is 0 Å². The predicted molar refractivity (Wildman–Crippen MR) is 81.1 cm³/mol. The van der Waals surface area contributed by atoms with E-state index in [1.807, 2.05) is 24.3 Å². The summed E-state index contributed by atoms with van der Waals surface area (Å²) in [4.78, 5) is 4.50. The van der Waals surface area contributed by atoms with Crippen molar-refractivity contribution in [2.75, 3.05) is 40.3 Å². The average Bonchev–Trinajstić information content (AvgIpc) is 2.47. The maximum absolute atomic E-state index is 10.8. The van der Waals surface area contributed by atoms with Crippen molar-refractivity contribution < 1.29 is 9.84 Å². The Labute approximate surface area is 122 Å². The molecule has 4 nitrogen and oxygen atoms in total. The van der Waals surface area contributed by atoms with Gasteiger partial charge in [0.2, 0.25) is 0 Å². The van der Waals surface area contributed by atoms with Gasteiger partial charge in [0.1, 0.15) is 5.75 Å². The third-order valence-corrected chi connectivity index (χ3v) is 3.96. The van der Waals surface area contributed by atoms with Crippen molar-refractivity contribution in [2.45, 2.75) is 25.5 Å². The van der Waals surface area contributed by atoms with Crippen LogP contribution in [0.2, 0.25) is 0 Å². The lowest BCUT2D eigenvalue weighted by Crippen LogP contribution is -2.52. The van der Waals surface area contributed by atoms with Crippen molar-refractivity contribution in [1.29, 1.82) is 0 Å². The second-order valence-electron chi connectivity index (χ2n) is 5.64. The lowest BCUT2D eigenvalue weighted by Gasteiger charge is -2.40. The summed E-state index contributed by atoms with van der Waals surface area (Å²) in [6, 6.07) is 7.95. The first-order valence-electron chi connectivity index (χ1n) is 7.42. The Hall–Kier alpha value is -1.10. The first kappa shape index (κ1) is 15.3. The molecule has 1 aromatic carbocycles. The Morgan fingerprint density at radius 3 is 2.80 bits per heavy atom. The Balaban J connectivity index is 2.17. The standard InChI is InChI=1S/C16H26N2O2/c1-4-11-20-15-8-6-5-7-13(15)16(19)14-12-17(2)9-10-18(14)3/h5-8,14,16,19H,4,9-12H2,1-3H3. The molecule has 1 fully saturated rings. The van der Waals surface area contributed by atoms with Crippen LogP contribution in [0.5, 0.6) is 5.75 Å². The van der Waals surface area contributed by atoms with Gasteiger partial charge in [-0.2, -0.15) is 0 Å². The fraction of sp³-hybridized carbons (Fsp3) is 0.625. The molecule has 0 radical (unpaired) electrons. The van der Waals surface area contributed by atoms with Crippen LogP contribution >= 0.6 is 0 Å². The lowest BCUT2D eigenvalue weighted by molar-refractivity contribution is 0.0125. The van der Waals surface area contributed by atoms with E-state index in [9.17, 15) is 5.11 Å². The van der Waals surface area contributed by atoms with Gasteiger partial charge in [0, 0.05) is 25.2 Å². The van der Waals surface area contributed by atoms with Gasteiger partial charge in [0.15, 0.2) is 0 Å². The topological polar surface area (TPSA) is 35.9 Å². The Morgan fingerprint density at radius 1 is 1.30 bits per heavy atom. The van der Waals surface area contributed by atoms with Gasteiger partial charge in [0.05, 0.1) is 18.8 Å². The molecular formula is C16H26N2O2. The lowest BCUT2D eigenvalue weighted by atomic mass is 9.98. The summed E-state index contributed by atoms with van der Waals surface area (Å²) in [5.74, 6) is 0.809. The largest absolute Gasteiger partial charge is 0.493 e. The summed E-state index contributed by atoms with van der Waals surface area (Å²) in [6.07, 6.45) is 0.451. The second kappa shape index (κ2) is 7.07. The summed E-state index contributed by atoms with van der Waals surface area (Å²) in [5, 5.41) is 10.8. The SMILES string of the molecule is CCCOc1ccccc1C(O)C1CN(C)CCN1C. The number of benzene rings is 1. The van der Waals surface area contributed by atoms with Crippen LogP contribution in [0.1, 0.15) is 25.0 Å². The molecule has 20 heavy (non-hydrogen) atoms. The molecule has 0 aliphatic carbocycles. The van der Waals surface area contributed by atoms with Gasteiger partial charge in [-0.1, -0.05) is 25.1 Å². The van der Waals surface area contributed by atoms with E-state index in [0.717, 1.165) is 37.4 Å². The molecule has 0 bridgehead atoms. The minimum atomic E-state index is -0.518. The van der Waals surface area contributed by atoms with Crippen molar-refractivity contribution >= 4 is 0 Å². The van der Waals surface area contributed by atoms with Crippen LogP contribution in [-0.4, -0.2) is 61.3 Å². The van der Waals surface area contributed by atoms with Crippen LogP contribution < -0.4 is 4.74 Å². The quantitative estimate of drug-likeness (QED) is 0.890. The van der Waals surface area contributed by atoms with Gasteiger partial charge < -0.3 is 14.7 Å². The van der Waals surface area contributed by atoms with Gasteiger partial charge in [-0.25, -0.2) is 0 Å². The van der Waals surface area contributed by atoms with Crippen LogP contribution in [0.25, 0.3) is 0 Å². The number of rotatable bonds is 5. The zero-order chi connectivity index (χ0) is 14.5. The van der Waals surface area contributed by atoms with E-state index in [4.69, 9.17) is 4.74 Å². The number of hydrogen-bond acceptors (Lipinski definition) is 4. The highest BCUT2D eigenvalue weighted by molar-refractivity contribution is 5.36. The maximum Gasteiger partial charge on any atom is 0.125 e. The highest BCUT2D eigenvalue weighted by Crippen LogP contribution is 2.30. The van der Waals surface area contributed by atoms with Crippen molar-refractivity contribution in [1.82, 2.24) is 9.80 Å². The molecule has 0 spiro atoms. The van der Waals surface area contributed by atoms with Gasteiger partial charge in [-0.15, -0.1) is 0 Å². The van der Waals surface area contributed by atoms with Crippen LogP contribution in [0.4, 0.5) is 0 Å². The Morgan fingerprint density at radius 2 is 2.05 bits per heavy atom. The molecule has 1 N–H and O–H groups in total. The third-order valence-electron chi connectivity index (χ3n) is 3.96. The number of ether oxygens (including phenoxy) is 1. The van der Waals surface area contributed by atoms with Crippen molar-refractivity contribution in [2.24, 2.45) is 0 Å². The first-order valence-corrected chi connectivity index (χ1v) is 7.42. The molecule has 1 saturated heterocycles. The highest BCUT2D eigenvalue weighted by atomic mass is 16.5. The summed E-state index contributed by atoms with van der Waals surface area (Å²) < 4.78 is 5.77. The van der Waals surface area contributed by atoms with Crippen molar-refractivity contribution in [3.05, 3.63) is 29.8 Å². The van der Waals surface area contributed by atoms with Crippen molar-refractivity contribution in [3.63, 3.8) is 0 Å². The number of piperazine rings is 1. The number of hydrogen-bond donors (Lipinski definition) is 1. The summed E-state index contributed by atoms with van der Waals surface area (Å²) in [6.45, 7) is 5.68. The second-order valence-corrected chi connectivity index (χ2v) is 5.64. The molecule has 1 aromatic rings. The van der Waals surface area contributed by atoms with Crippen LogP contribution in [-0.2, 0) is 0 Å². The van der Waals surface area contributed by atoms with E-state index in [0.29, 0.717) is 6.61 Å². The minimum Gasteiger partial charge on any atom is -0.493 e. The molecule has 2 rings (SSSR count). The zero-order valence-electron chi connectivity index (χ0n) is 12.7. The van der Waals surface area contributed by atoms with Gasteiger partial charge in [-0.3, -0.25) is 4.90 Å². The monoisotopic (exact) mass is 278 g/mol. The van der Waals surface area contributed by atoms with E-state index >= 15 is 0 Å². The molecule has 0 saturated carbocycles. The molecule has 2 atom stereocenters. The number of para-hydroxylation sites is 1. The molecule has 1 heterocycles. The number of nitrogens with zero attached hydrogens (tertiary/aromatic N) is 2. The summed E-state index contributed by atoms with van der Waals surface area (Å²) in [5.41, 5.74) is 0.896. The normalized spacial score (nSPS) is 22.7. The fourth-order valence-corrected chi connectivity index (χ4v) is 2.66. The van der Waals surface area contributed by atoms with Crippen LogP contribution in [0, 0.1) is 0 Å². The van der Waals surface area contributed by atoms with E-state index < -0.39 is 6.10 Å². The number of likely N-dealkylation sites (N-methyl/N-ethyl adjacent to an activating group) is 2. The molecular weight excluding hydrogens is 252 g/mol. The third kappa shape index (κ3) is 3.51. The Bertz CT molecular complexity index is 425. The molecule has 0 amide bonds. The maximum atomic E-state index is 10.8. The molecule has 1 aliphatic rings. The van der Waals surface area contributed by atoms with E-state index in [1.165, 1.54) is 0 Å². The number of aliphatic hydroxyl groups is 1. The molecule has 112 valence electrons. The van der Waals surface area contributed by atoms with E-state index in [-0.39, 0.29) is 6.04 Å². The predicted octanol–water partition coefficient (Wildman–Crippen LogP) is 1.75. The average molecular weight is 278 g/mol. The molecule has 1 aliphatic heterocycles. The van der Waals surface area contributed by atoms with Gasteiger partial charge in [-0.05, 0) is 26.6 Å². The van der Waals surface area contributed by atoms with E-state index in [2.05, 4.69) is 30.8 Å². The van der Waals surface area contributed by atoms with Gasteiger partial charge >= 0.3 is 0 Å². The number of aliphatic hydroxyl groups excluding tert-OH is 1. The molecule has 2 unspecified atom stereocenters. The summed E-state index contributed by atoms with van der Waals surface area (Å²) >= 11 is 0. The minimum absolute atomic E-state index is 0.111. The molecule has 4 heteroatoms. The summed E-state index contributed by atoms with van der Waals surface area (Å²) in [7, 11) is 4.18. The van der Waals surface area contributed by atoms with Crippen LogP contribution in [0.15, 0.2) is 24.3 Å². The smallest absolute Gasteiger partial charge is 0.125 e. The van der Waals surface area contributed by atoms with Crippen LogP contribution in [0.3, 0.4) is 0 Å². The highest BCUT2D eigenvalue weighted by Gasteiger charge is 2.30. The van der Waals surface area contributed by atoms with Crippen molar-refractivity contribution in [3.8, 4) is 5.75 Å². The zero-order valence-corrected chi connectivity index (χ0v) is 12.7. The van der Waals surface area contributed by atoms with E-state index in [1.54, 1.807) is 0 Å². The fourth-order valence-electron chi connectivity index (χ4n) is 2.66.